The van der Waals surface area contributed by atoms with Gasteiger partial charge in [-0.25, -0.2) is 4.98 Å². The lowest BCUT2D eigenvalue weighted by molar-refractivity contribution is 0.280. The summed E-state index contributed by atoms with van der Waals surface area (Å²) in [6.07, 6.45) is 0. The maximum Gasteiger partial charge on any atom is 0.222 e. The highest BCUT2D eigenvalue weighted by Crippen LogP contribution is 2.32. The van der Waals surface area contributed by atoms with Gasteiger partial charge in [-0.15, -0.1) is 0 Å². The summed E-state index contributed by atoms with van der Waals surface area (Å²) in [5, 5.41) is 9.16. The Balaban J connectivity index is 2.33. The minimum absolute atomic E-state index is 0.0409. The predicted molar refractivity (Wildman–Crippen MR) is 79.8 cm³/mol. The van der Waals surface area contributed by atoms with Crippen LogP contribution in [-0.4, -0.2) is 22.2 Å². The van der Waals surface area contributed by atoms with E-state index in [0.717, 1.165) is 17.1 Å². The zero-order chi connectivity index (χ0) is 15.4. The van der Waals surface area contributed by atoms with Crippen molar-refractivity contribution in [1.29, 1.82) is 0 Å². The molecule has 1 N–H and O–H groups in total. The number of aliphatic hydroxyl groups excluding tert-OH is 1. The molecule has 112 valence electrons. The fourth-order valence-electron chi connectivity index (χ4n) is 1.88. The van der Waals surface area contributed by atoms with Crippen molar-refractivity contribution in [3.05, 3.63) is 41.3 Å². The molecule has 1 aromatic carbocycles. The Morgan fingerprint density at radius 2 is 1.90 bits per heavy atom. The van der Waals surface area contributed by atoms with Crippen molar-refractivity contribution in [3.63, 3.8) is 0 Å². The van der Waals surface area contributed by atoms with Crippen molar-refractivity contribution in [1.82, 2.24) is 9.97 Å². The van der Waals surface area contributed by atoms with E-state index in [9.17, 15) is 0 Å². The smallest absolute Gasteiger partial charge is 0.222 e. The highest BCUT2D eigenvalue weighted by molar-refractivity contribution is 5.44. The van der Waals surface area contributed by atoms with E-state index in [1.54, 1.807) is 31.4 Å². The van der Waals surface area contributed by atoms with Crippen molar-refractivity contribution < 1.29 is 14.6 Å². The second-order valence-corrected chi connectivity index (χ2v) is 5.11. The van der Waals surface area contributed by atoms with E-state index in [4.69, 9.17) is 14.6 Å². The molecule has 1 aromatic heterocycles. The summed E-state index contributed by atoms with van der Waals surface area (Å²) >= 11 is 0. The lowest BCUT2D eigenvalue weighted by Crippen LogP contribution is -2.02. The lowest BCUT2D eigenvalue weighted by atomic mass is 10.2. The molecule has 0 aliphatic rings. The molecule has 0 fully saturated rings. The number of aryl methyl sites for hydroxylation is 1. The molecule has 0 spiro atoms. The molecular formula is C16H20N2O3. The summed E-state index contributed by atoms with van der Waals surface area (Å²) in [6.45, 7) is 5.94. The van der Waals surface area contributed by atoms with Crippen molar-refractivity contribution in [2.75, 3.05) is 7.11 Å². The zero-order valence-electron chi connectivity index (χ0n) is 12.8. The van der Waals surface area contributed by atoms with Gasteiger partial charge in [0, 0.05) is 17.7 Å². The van der Waals surface area contributed by atoms with Crippen LogP contribution in [0.15, 0.2) is 24.3 Å². The number of benzene rings is 1. The minimum atomic E-state index is -0.0409. The molecule has 0 saturated heterocycles. The monoisotopic (exact) mass is 288 g/mol. The highest BCUT2D eigenvalue weighted by atomic mass is 16.5. The minimum Gasteiger partial charge on any atom is -0.493 e. The Labute approximate surface area is 124 Å². The maximum atomic E-state index is 9.16. The van der Waals surface area contributed by atoms with Gasteiger partial charge in [0.05, 0.1) is 13.7 Å². The van der Waals surface area contributed by atoms with E-state index in [-0.39, 0.29) is 12.5 Å². The fraction of sp³-hybridized carbons (Fsp3) is 0.375. The fourth-order valence-corrected chi connectivity index (χ4v) is 1.88. The standard InChI is InChI=1S/C16H20N2O3/c1-10(2)16-17-11(3)7-15(18-16)21-13-6-5-12(9-19)8-14(13)20-4/h5-8,10,19H,9H2,1-4H3. The summed E-state index contributed by atoms with van der Waals surface area (Å²) in [6, 6.07) is 7.07. The first kappa shape index (κ1) is 15.3. The first-order valence-electron chi connectivity index (χ1n) is 6.84. The van der Waals surface area contributed by atoms with Gasteiger partial charge in [-0.1, -0.05) is 19.9 Å². The van der Waals surface area contributed by atoms with Gasteiger partial charge in [0.2, 0.25) is 5.88 Å². The van der Waals surface area contributed by atoms with Crippen LogP contribution in [0.4, 0.5) is 0 Å². The molecule has 5 nitrogen and oxygen atoms in total. The van der Waals surface area contributed by atoms with Gasteiger partial charge in [0.25, 0.3) is 0 Å². The van der Waals surface area contributed by atoms with Gasteiger partial charge in [0.15, 0.2) is 11.5 Å². The number of nitrogens with zero attached hydrogens (tertiary/aromatic N) is 2. The molecule has 5 heteroatoms. The zero-order valence-corrected chi connectivity index (χ0v) is 12.8. The number of hydrogen-bond acceptors (Lipinski definition) is 5. The maximum absolute atomic E-state index is 9.16. The summed E-state index contributed by atoms with van der Waals surface area (Å²) in [7, 11) is 1.56. The van der Waals surface area contributed by atoms with Gasteiger partial charge in [-0.3, -0.25) is 0 Å². The van der Waals surface area contributed by atoms with Crippen LogP contribution in [0, 0.1) is 6.92 Å². The van der Waals surface area contributed by atoms with Crippen LogP contribution in [0.3, 0.4) is 0 Å². The first-order chi connectivity index (χ1) is 10.0. The molecule has 1 heterocycles. The molecule has 2 aromatic rings. The van der Waals surface area contributed by atoms with E-state index >= 15 is 0 Å². The third-order valence-corrected chi connectivity index (χ3v) is 2.99. The molecule has 0 saturated carbocycles. The van der Waals surface area contributed by atoms with E-state index in [2.05, 4.69) is 9.97 Å². The van der Waals surface area contributed by atoms with Crippen molar-refractivity contribution in [2.45, 2.75) is 33.3 Å². The lowest BCUT2D eigenvalue weighted by Gasteiger charge is -2.12. The molecule has 0 unspecified atom stereocenters. The number of ether oxygens (including phenoxy) is 2. The first-order valence-corrected chi connectivity index (χ1v) is 6.84. The Morgan fingerprint density at radius 3 is 2.52 bits per heavy atom. The Bertz CT molecular complexity index is 627. The summed E-state index contributed by atoms with van der Waals surface area (Å²) in [5.74, 6) is 2.58. The van der Waals surface area contributed by atoms with Gasteiger partial charge in [-0.05, 0) is 24.6 Å². The van der Waals surface area contributed by atoms with Gasteiger partial charge in [-0.2, -0.15) is 4.98 Å². The molecule has 0 atom stereocenters. The van der Waals surface area contributed by atoms with Crippen molar-refractivity contribution in [3.8, 4) is 17.4 Å². The molecule has 0 amide bonds. The topological polar surface area (TPSA) is 64.5 Å². The summed E-state index contributed by atoms with van der Waals surface area (Å²) < 4.78 is 11.1. The molecule has 0 bridgehead atoms. The predicted octanol–water partition coefficient (Wildman–Crippen LogP) is 3.20. The van der Waals surface area contributed by atoms with E-state index in [0.29, 0.717) is 17.4 Å². The second-order valence-electron chi connectivity index (χ2n) is 5.11. The largest absolute Gasteiger partial charge is 0.493 e. The molecule has 0 aliphatic heterocycles. The van der Waals surface area contributed by atoms with E-state index in [1.165, 1.54) is 0 Å². The van der Waals surface area contributed by atoms with Gasteiger partial charge in [0.1, 0.15) is 5.82 Å². The van der Waals surface area contributed by atoms with Crippen LogP contribution in [-0.2, 0) is 6.61 Å². The SMILES string of the molecule is COc1cc(CO)ccc1Oc1cc(C)nc(C(C)C)n1. The molecule has 21 heavy (non-hydrogen) atoms. The number of hydrogen-bond donors (Lipinski definition) is 1. The second kappa shape index (κ2) is 6.54. The van der Waals surface area contributed by atoms with Crippen LogP contribution in [0.1, 0.15) is 36.8 Å². The van der Waals surface area contributed by atoms with Gasteiger partial charge >= 0.3 is 0 Å². The Kier molecular flexibility index (Phi) is 4.75. The van der Waals surface area contributed by atoms with Crippen LogP contribution >= 0.6 is 0 Å². The number of methoxy groups -OCH3 is 1. The van der Waals surface area contributed by atoms with Crippen molar-refractivity contribution >= 4 is 0 Å². The molecule has 2 rings (SSSR count). The van der Waals surface area contributed by atoms with Crippen molar-refractivity contribution in [2.24, 2.45) is 0 Å². The van der Waals surface area contributed by atoms with Crippen LogP contribution in [0.5, 0.6) is 17.4 Å². The number of aliphatic hydroxyl groups is 1. The summed E-state index contributed by atoms with van der Waals surface area (Å²) in [5.41, 5.74) is 1.62. The average Bonchev–Trinajstić information content (AvgIpc) is 2.47. The Morgan fingerprint density at radius 1 is 1.14 bits per heavy atom. The third kappa shape index (κ3) is 3.70. The quantitative estimate of drug-likeness (QED) is 0.915. The van der Waals surface area contributed by atoms with Crippen LogP contribution in [0.2, 0.25) is 0 Å². The van der Waals surface area contributed by atoms with Crippen LogP contribution < -0.4 is 9.47 Å². The highest BCUT2D eigenvalue weighted by Gasteiger charge is 2.11. The molecule has 0 aliphatic carbocycles. The average molecular weight is 288 g/mol. The van der Waals surface area contributed by atoms with Gasteiger partial charge < -0.3 is 14.6 Å². The number of rotatable bonds is 5. The summed E-state index contributed by atoms with van der Waals surface area (Å²) in [4.78, 5) is 8.80. The number of aromatic nitrogens is 2. The Hall–Kier alpha value is -2.14. The molecular weight excluding hydrogens is 268 g/mol. The van der Waals surface area contributed by atoms with Crippen LogP contribution in [0.25, 0.3) is 0 Å². The third-order valence-electron chi connectivity index (χ3n) is 2.99. The van der Waals surface area contributed by atoms with E-state index < -0.39 is 0 Å². The normalized spacial score (nSPS) is 10.8. The molecule has 0 radical (unpaired) electrons. The van der Waals surface area contributed by atoms with E-state index in [1.807, 2.05) is 20.8 Å².